The summed E-state index contributed by atoms with van der Waals surface area (Å²) in [6, 6.07) is 0. The largest absolute Gasteiger partial charge is 0.381 e. The van der Waals surface area contributed by atoms with Crippen LogP contribution in [-0.4, -0.2) is 50.8 Å². The van der Waals surface area contributed by atoms with E-state index >= 15 is 0 Å². The summed E-state index contributed by atoms with van der Waals surface area (Å²) < 4.78 is 17.1. The van der Waals surface area contributed by atoms with Crippen molar-refractivity contribution in [3.63, 3.8) is 0 Å². The SMILES string of the molecule is CC(C)CN=C(N)NCC1COC2(CCOCC2)O1. The highest BCUT2D eigenvalue weighted by atomic mass is 16.7. The van der Waals surface area contributed by atoms with E-state index in [4.69, 9.17) is 19.9 Å². The molecular formula is C13H25N3O3. The molecule has 0 aliphatic carbocycles. The molecule has 0 aromatic carbocycles. The fraction of sp³-hybridized carbons (Fsp3) is 0.923. The van der Waals surface area contributed by atoms with E-state index in [1.807, 2.05) is 0 Å². The van der Waals surface area contributed by atoms with Gasteiger partial charge < -0.3 is 25.3 Å². The molecule has 2 rings (SSSR count). The van der Waals surface area contributed by atoms with E-state index in [9.17, 15) is 0 Å². The number of rotatable bonds is 4. The number of nitrogens with zero attached hydrogens (tertiary/aromatic N) is 1. The zero-order valence-electron chi connectivity index (χ0n) is 11.9. The van der Waals surface area contributed by atoms with Crippen LogP contribution in [0.2, 0.25) is 0 Å². The summed E-state index contributed by atoms with van der Waals surface area (Å²) in [6.45, 7) is 7.61. The molecule has 0 aromatic heterocycles. The standard InChI is InChI=1S/C13H25N3O3/c1-10(2)7-15-12(14)16-8-11-9-18-13(19-11)3-5-17-6-4-13/h10-11H,3-9H2,1-2H3,(H3,14,15,16). The number of aliphatic imine (C=N–C) groups is 1. The number of guanidine groups is 1. The maximum atomic E-state index is 5.99. The number of hydrogen-bond donors (Lipinski definition) is 2. The molecule has 2 aliphatic heterocycles. The van der Waals surface area contributed by atoms with Crippen LogP contribution in [0.3, 0.4) is 0 Å². The van der Waals surface area contributed by atoms with Crippen molar-refractivity contribution in [2.24, 2.45) is 16.6 Å². The summed E-state index contributed by atoms with van der Waals surface area (Å²) in [7, 11) is 0. The fourth-order valence-electron chi connectivity index (χ4n) is 2.22. The smallest absolute Gasteiger partial charge is 0.188 e. The first kappa shape index (κ1) is 14.6. The molecule has 0 saturated carbocycles. The van der Waals surface area contributed by atoms with Gasteiger partial charge in [-0.25, -0.2) is 0 Å². The highest BCUT2D eigenvalue weighted by Gasteiger charge is 2.42. The van der Waals surface area contributed by atoms with Gasteiger partial charge in [-0.2, -0.15) is 0 Å². The van der Waals surface area contributed by atoms with Gasteiger partial charge in [0.25, 0.3) is 0 Å². The van der Waals surface area contributed by atoms with Crippen molar-refractivity contribution in [3.8, 4) is 0 Å². The van der Waals surface area contributed by atoms with E-state index in [1.165, 1.54) is 0 Å². The van der Waals surface area contributed by atoms with Crippen LogP contribution in [-0.2, 0) is 14.2 Å². The third-order valence-corrected chi connectivity index (χ3v) is 3.31. The van der Waals surface area contributed by atoms with E-state index in [0.29, 0.717) is 38.2 Å². The van der Waals surface area contributed by atoms with Gasteiger partial charge in [-0.3, -0.25) is 4.99 Å². The quantitative estimate of drug-likeness (QED) is 0.574. The molecule has 19 heavy (non-hydrogen) atoms. The first-order chi connectivity index (χ1) is 9.10. The molecule has 2 fully saturated rings. The topological polar surface area (TPSA) is 78.1 Å². The number of nitrogens with one attached hydrogen (secondary N) is 1. The first-order valence-corrected chi connectivity index (χ1v) is 7.03. The average molecular weight is 271 g/mol. The second-order valence-corrected chi connectivity index (χ2v) is 5.57. The van der Waals surface area contributed by atoms with Crippen LogP contribution < -0.4 is 11.1 Å². The van der Waals surface area contributed by atoms with Crippen LogP contribution in [0, 0.1) is 5.92 Å². The van der Waals surface area contributed by atoms with Crippen LogP contribution in [0.15, 0.2) is 4.99 Å². The first-order valence-electron chi connectivity index (χ1n) is 7.03. The lowest BCUT2D eigenvalue weighted by Crippen LogP contribution is -2.41. The molecule has 110 valence electrons. The van der Waals surface area contributed by atoms with Crippen molar-refractivity contribution < 1.29 is 14.2 Å². The van der Waals surface area contributed by atoms with Gasteiger partial charge in [-0.1, -0.05) is 13.8 Å². The Kier molecular flexibility index (Phi) is 5.01. The van der Waals surface area contributed by atoms with E-state index in [0.717, 1.165) is 19.4 Å². The normalized spacial score (nSPS) is 27.1. The van der Waals surface area contributed by atoms with Crippen LogP contribution in [0.1, 0.15) is 26.7 Å². The van der Waals surface area contributed by atoms with Crippen LogP contribution in [0.4, 0.5) is 0 Å². The lowest BCUT2D eigenvalue weighted by atomic mass is 10.1. The Balaban J connectivity index is 1.71. The molecule has 6 heteroatoms. The molecule has 1 unspecified atom stereocenters. The second kappa shape index (κ2) is 6.54. The monoisotopic (exact) mass is 271 g/mol. The Morgan fingerprint density at radius 3 is 2.84 bits per heavy atom. The predicted molar refractivity (Wildman–Crippen MR) is 72.9 cm³/mol. The van der Waals surface area contributed by atoms with Crippen LogP contribution in [0.5, 0.6) is 0 Å². The second-order valence-electron chi connectivity index (χ2n) is 5.57. The lowest BCUT2D eigenvalue weighted by molar-refractivity contribution is -0.210. The van der Waals surface area contributed by atoms with Crippen molar-refractivity contribution in [2.45, 2.75) is 38.6 Å². The predicted octanol–water partition coefficient (Wildman–Crippen LogP) is 0.469. The summed E-state index contributed by atoms with van der Waals surface area (Å²) in [5.74, 6) is 0.566. The lowest BCUT2D eigenvalue weighted by Gasteiger charge is -2.31. The molecule has 1 atom stereocenters. The molecule has 6 nitrogen and oxygen atoms in total. The van der Waals surface area contributed by atoms with Crippen molar-refractivity contribution in [3.05, 3.63) is 0 Å². The molecule has 0 amide bonds. The molecule has 0 bridgehead atoms. The Hall–Kier alpha value is -0.850. The summed E-state index contributed by atoms with van der Waals surface area (Å²) >= 11 is 0. The summed E-state index contributed by atoms with van der Waals surface area (Å²) in [4.78, 5) is 4.26. The van der Waals surface area contributed by atoms with Gasteiger partial charge in [0, 0.05) is 25.9 Å². The minimum atomic E-state index is -0.422. The minimum Gasteiger partial charge on any atom is -0.381 e. The average Bonchev–Trinajstić information content (AvgIpc) is 2.78. The van der Waals surface area contributed by atoms with Crippen LogP contribution in [0.25, 0.3) is 0 Å². The molecule has 0 radical (unpaired) electrons. The Bertz CT molecular complexity index is 314. The molecule has 2 heterocycles. The van der Waals surface area contributed by atoms with Crippen LogP contribution >= 0.6 is 0 Å². The molecule has 2 saturated heterocycles. The zero-order chi connectivity index (χ0) is 13.7. The molecule has 0 aromatic rings. The van der Waals surface area contributed by atoms with Gasteiger partial charge >= 0.3 is 0 Å². The maximum absolute atomic E-state index is 5.99. The summed E-state index contributed by atoms with van der Waals surface area (Å²) in [5, 5.41) is 3.09. The van der Waals surface area contributed by atoms with E-state index in [2.05, 4.69) is 24.2 Å². The summed E-state index contributed by atoms with van der Waals surface area (Å²) in [6.07, 6.45) is 1.65. The number of nitrogens with two attached hydrogens (primary N) is 1. The van der Waals surface area contributed by atoms with Gasteiger partial charge in [0.2, 0.25) is 0 Å². The third-order valence-electron chi connectivity index (χ3n) is 3.31. The number of hydrogen-bond acceptors (Lipinski definition) is 4. The number of ether oxygens (including phenoxy) is 3. The van der Waals surface area contributed by atoms with Gasteiger partial charge in [0.05, 0.1) is 19.8 Å². The van der Waals surface area contributed by atoms with Crippen molar-refractivity contribution in [1.29, 1.82) is 0 Å². The Morgan fingerprint density at radius 2 is 2.16 bits per heavy atom. The van der Waals surface area contributed by atoms with Gasteiger partial charge in [-0.05, 0) is 5.92 Å². The van der Waals surface area contributed by atoms with Gasteiger partial charge in [-0.15, -0.1) is 0 Å². The minimum absolute atomic E-state index is 0.0332. The van der Waals surface area contributed by atoms with E-state index in [1.54, 1.807) is 0 Å². The van der Waals surface area contributed by atoms with Gasteiger partial charge in [0.1, 0.15) is 6.10 Å². The van der Waals surface area contributed by atoms with E-state index < -0.39 is 5.79 Å². The van der Waals surface area contributed by atoms with E-state index in [-0.39, 0.29) is 6.10 Å². The summed E-state index contributed by atoms with van der Waals surface area (Å²) in [5.41, 5.74) is 5.79. The maximum Gasteiger partial charge on any atom is 0.188 e. The molecular weight excluding hydrogens is 246 g/mol. The third kappa shape index (κ3) is 4.33. The Labute approximate surface area is 114 Å². The molecule has 2 aliphatic rings. The zero-order valence-corrected chi connectivity index (χ0v) is 11.9. The van der Waals surface area contributed by atoms with Crippen molar-refractivity contribution >= 4 is 5.96 Å². The van der Waals surface area contributed by atoms with Crippen molar-refractivity contribution in [2.75, 3.05) is 32.9 Å². The van der Waals surface area contributed by atoms with Gasteiger partial charge in [0.15, 0.2) is 11.7 Å². The molecule has 1 spiro atoms. The Morgan fingerprint density at radius 1 is 1.42 bits per heavy atom. The fourth-order valence-corrected chi connectivity index (χ4v) is 2.22. The van der Waals surface area contributed by atoms with Crippen molar-refractivity contribution in [1.82, 2.24) is 5.32 Å². The highest BCUT2D eigenvalue weighted by Crippen LogP contribution is 2.32. The molecule has 3 N–H and O–H groups in total. The highest BCUT2D eigenvalue weighted by molar-refractivity contribution is 5.77.